The van der Waals surface area contributed by atoms with Gasteiger partial charge in [-0.1, -0.05) is 0 Å². The van der Waals surface area contributed by atoms with Gasteiger partial charge in [0.05, 0.1) is 16.7 Å². The Morgan fingerprint density at radius 1 is 1.45 bits per heavy atom. The van der Waals surface area contributed by atoms with Gasteiger partial charge in [0.2, 0.25) is 0 Å². The van der Waals surface area contributed by atoms with Crippen LogP contribution in [0.5, 0.6) is 0 Å². The zero-order valence-electron chi connectivity index (χ0n) is 11.6. The second kappa shape index (κ2) is 5.91. The number of carbonyl (C=O) groups excluding carboxylic acids is 1. The molecule has 0 aromatic heterocycles. The highest BCUT2D eigenvalue weighted by molar-refractivity contribution is 9.10. The number of carbonyl (C=O) groups is 1. The smallest absolute Gasteiger partial charge is 0.273 e. The molecule has 108 valence electrons. The highest BCUT2D eigenvalue weighted by atomic mass is 79.9. The molecule has 1 aliphatic rings. The molecule has 1 aromatic carbocycles. The summed E-state index contributed by atoms with van der Waals surface area (Å²) in [6, 6.07) is 3.20. The number of benzene rings is 1. The molecule has 1 saturated heterocycles. The van der Waals surface area contributed by atoms with Crippen LogP contribution < -0.4 is 4.90 Å². The van der Waals surface area contributed by atoms with Crippen LogP contribution >= 0.6 is 15.9 Å². The Hall–Kier alpha value is -1.43. The van der Waals surface area contributed by atoms with E-state index in [1.54, 1.807) is 19.9 Å². The monoisotopic (exact) mass is 340 g/mol. The molecule has 0 amide bonds. The molecule has 1 unspecified atom stereocenters. The van der Waals surface area contributed by atoms with E-state index in [0.29, 0.717) is 10.0 Å². The molecule has 0 N–H and O–H groups in total. The Labute approximate surface area is 126 Å². The number of rotatable bonds is 3. The summed E-state index contributed by atoms with van der Waals surface area (Å²) in [6.07, 6.45) is 2.92. The van der Waals surface area contributed by atoms with Crippen LogP contribution in [0, 0.1) is 17.0 Å². The van der Waals surface area contributed by atoms with E-state index in [1.165, 1.54) is 6.07 Å². The highest BCUT2D eigenvalue weighted by Crippen LogP contribution is 2.36. The number of hydrogen-bond donors (Lipinski definition) is 0. The first-order chi connectivity index (χ1) is 9.41. The number of ketones is 1. The lowest BCUT2D eigenvalue weighted by atomic mass is 9.98. The van der Waals surface area contributed by atoms with E-state index in [0.717, 1.165) is 31.5 Å². The van der Waals surface area contributed by atoms with Crippen LogP contribution in [0.25, 0.3) is 0 Å². The van der Waals surface area contributed by atoms with Crippen LogP contribution in [-0.2, 0) is 4.79 Å². The Bertz CT molecular complexity index is 560. The van der Waals surface area contributed by atoms with Crippen LogP contribution in [0.15, 0.2) is 16.6 Å². The molecule has 1 aliphatic heterocycles. The molecule has 6 heteroatoms. The molecule has 5 nitrogen and oxygen atoms in total. The zero-order valence-corrected chi connectivity index (χ0v) is 13.1. The molecule has 0 spiro atoms. The van der Waals surface area contributed by atoms with Crippen molar-refractivity contribution in [2.45, 2.75) is 39.2 Å². The van der Waals surface area contributed by atoms with Crippen molar-refractivity contribution in [3.8, 4) is 0 Å². The van der Waals surface area contributed by atoms with E-state index in [9.17, 15) is 14.9 Å². The second-order valence-corrected chi connectivity index (χ2v) is 6.02. The number of nitro benzene ring substituents is 1. The van der Waals surface area contributed by atoms with E-state index in [2.05, 4.69) is 20.8 Å². The largest absolute Gasteiger partial charge is 0.361 e. The predicted molar refractivity (Wildman–Crippen MR) is 81.2 cm³/mol. The minimum Gasteiger partial charge on any atom is -0.361 e. The fourth-order valence-electron chi connectivity index (χ4n) is 2.72. The SMILES string of the molecule is CC(=O)C1CCCCN1c1cc(C)c([N+](=O)[O-])cc1Br. The van der Waals surface area contributed by atoms with Crippen LogP contribution in [0.1, 0.15) is 31.7 Å². The third-order valence-corrected chi connectivity index (χ3v) is 4.38. The summed E-state index contributed by atoms with van der Waals surface area (Å²) >= 11 is 3.40. The molecular formula is C14H17BrN2O3. The van der Waals surface area contributed by atoms with Gasteiger partial charge in [-0.05, 0) is 55.1 Å². The Morgan fingerprint density at radius 2 is 2.15 bits per heavy atom. The predicted octanol–water partition coefficient (Wildman–Crippen LogP) is 3.61. The maximum absolute atomic E-state index is 11.8. The number of halogens is 1. The van der Waals surface area contributed by atoms with Crippen molar-refractivity contribution >= 4 is 33.1 Å². The van der Waals surface area contributed by atoms with Gasteiger partial charge in [-0.3, -0.25) is 14.9 Å². The number of Topliss-reactive ketones (excluding diaryl/α,β-unsaturated/α-hetero) is 1. The van der Waals surface area contributed by atoms with Gasteiger partial charge in [-0.15, -0.1) is 0 Å². The maximum atomic E-state index is 11.8. The fraction of sp³-hybridized carbons (Fsp3) is 0.500. The van der Waals surface area contributed by atoms with Gasteiger partial charge in [0.25, 0.3) is 5.69 Å². The standard InChI is InChI=1S/C14H17BrN2O3/c1-9-7-14(11(15)8-13(9)17(19)20)16-6-4-3-5-12(16)10(2)18/h7-8,12H,3-6H2,1-2H3. The van der Waals surface area contributed by atoms with E-state index >= 15 is 0 Å². The minimum atomic E-state index is -0.386. The van der Waals surface area contributed by atoms with Crippen LogP contribution in [-0.4, -0.2) is 23.3 Å². The minimum absolute atomic E-state index is 0.0945. The average Bonchev–Trinajstić information content (AvgIpc) is 2.40. The third-order valence-electron chi connectivity index (χ3n) is 3.74. The van der Waals surface area contributed by atoms with Crippen molar-refractivity contribution in [2.24, 2.45) is 0 Å². The number of aryl methyl sites for hydroxylation is 1. The first-order valence-corrected chi connectivity index (χ1v) is 7.42. The first kappa shape index (κ1) is 15.0. The van der Waals surface area contributed by atoms with Gasteiger partial charge in [0, 0.05) is 22.6 Å². The lowest BCUT2D eigenvalue weighted by Crippen LogP contribution is -2.44. The summed E-state index contributed by atoms with van der Waals surface area (Å²) in [5.41, 5.74) is 1.58. The summed E-state index contributed by atoms with van der Waals surface area (Å²) in [5.74, 6) is 0.146. The van der Waals surface area contributed by atoms with E-state index in [4.69, 9.17) is 0 Å². The van der Waals surface area contributed by atoms with Gasteiger partial charge in [-0.25, -0.2) is 0 Å². The van der Waals surface area contributed by atoms with Gasteiger partial charge in [0.15, 0.2) is 5.78 Å². The molecule has 20 heavy (non-hydrogen) atoms. The summed E-state index contributed by atoms with van der Waals surface area (Å²) in [5, 5.41) is 11.0. The van der Waals surface area contributed by atoms with Crippen molar-refractivity contribution in [3.63, 3.8) is 0 Å². The molecule has 1 heterocycles. The number of nitrogens with zero attached hydrogens (tertiary/aromatic N) is 2. The van der Waals surface area contributed by atoms with Gasteiger partial charge in [0.1, 0.15) is 0 Å². The Morgan fingerprint density at radius 3 is 2.75 bits per heavy atom. The van der Waals surface area contributed by atoms with Crippen LogP contribution in [0.3, 0.4) is 0 Å². The molecule has 0 radical (unpaired) electrons. The quantitative estimate of drug-likeness (QED) is 0.622. The number of piperidine rings is 1. The summed E-state index contributed by atoms with van der Waals surface area (Å²) in [7, 11) is 0. The Kier molecular flexibility index (Phi) is 4.42. The number of nitro groups is 1. The molecule has 1 fully saturated rings. The topological polar surface area (TPSA) is 63.5 Å². The Balaban J connectivity index is 2.43. The maximum Gasteiger partial charge on any atom is 0.273 e. The van der Waals surface area contributed by atoms with Crippen molar-refractivity contribution in [1.29, 1.82) is 0 Å². The summed E-state index contributed by atoms with van der Waals surface area (Å²) in [4.78, 5) is 24.4. The van der Waals surface area contributed by atoms with Crippen molar-refractivity contribution in [1.82, 2.24) is 0 Å². The molecule has 0 aliphatic carbocycles. The molecule has 0 bridgehead atoms. The second-order valence-electron chi connectivity index (χ2n) is 5.16. The molecular weight excluding hydrogens is 324 g/mol. The van der Waals surface area contributed by atoms with Gasteiger partial charge >= 0.3 is 0 Å². The number of hydrogen-bond acceptors (Lipinski definition) is 4. The number of anilines is 1. The normalized spacial score (nSPS) is 18.9. The van der Waals surface area contributed by atoms with Crippen LogP contribution in [0.4, 0.5) is 11.4 Å². The van der Waals surface area contributed by atoms with Crippen LogP contribution in [0.2, 0.25) is 0 Å². The van der Waals surface area contributed by atoms with E-state index < -0.39 is 0 Å². The first-order valence-electron chi connectivity index (χ1n) is 6.63. The molecule has 2 rings (SSSR count). The van der Waals surface area contributed by atoms with Gasteiger partial charge in [-0.2, -0.15) is 0 Å². The zero-order chi connectivity index (χ0) is 14.9. The summed E-state index contributed by atoms with van der Waals surface area (Å²) < 4.78 is 0.669. The molecule has 0 saturated carbocycles. The van der Waals surface area contributed by atoms with E-state index in [-0.39, 0.29) is 22.4 Å². The molecule has 1 aromatic rings. The van der Waals surface area contributed by atoms with Crippen molar-refractivity contribution in [3.05, 3.63) is 32.3 Å². The van der Waals surface area contributed by atoms with Crippen molar-refractivity contribution in [2.75, 3.05) is 11.4 Å². The average molecular weight is 341 g/mol. The molecule has 1 atom stereocenters. The fourth-order valence-corrected chi connectivity index (χ4v) is 3.27. The lowest BCUT2D eigenvalue weighted by molar-refractivity contribution is -0.385. The van der Waals surface area contributed by atoms with Crippen molar-refractivity contribution < 1.29 is 9.72 Å². The lowest BCUT2D eigenvalue weighted by Gasteiger charge is -2.36. The third kappa shape index (κ3) is 2.85. The summed E-state index contributed by atoms with van der Waals surface area (Å²) in [6.45, 7) is 4.13. The van der Waals surface area contributed by atoms with E-state index in [1.807, 2.05) is 0 Å². The highest BCUT2D eigenvalue weighted by Gasteiger charge is 2.28. The van der Waals surface area contributed by atoms with Gasteiger partial charge < -0.3 is 4.90 Å².